The predicted molar refractivity (Wildman–Crippen MR) is 69.4 cm³/mol. The Kier molecular flexibility index (Phi) is 5.93. The van der Waals surface area contributed by atoms with Gasteiger partial charge in [0.25, 0.3) is 0 Å². The summed E-state index contributed by atoms with van der Waals surface area (Å²) in [6, 6.07) is 3.95. The highest BCUT2D eigenvalue weighted by molar-refractivity contribution is 9.10. The van der Waals surface area contributed by atoms with Crippen molar-refractivity contribution in [2.45, 2.75) is 19.2 Å². The Balaban J connectivity index is 2.84. The van der Waals surface area contributed by atoms with Crippen LogP contribution >= 0.6 is 27.5 Å². The molecule has 3 nitrogen and oxygen atoms in total. The van der Waals surface area contributed by atoms with Crippen LogP contribution in [0.5, 0.6) is 5.75 Å². The Morgan fingerprint density at radius 2 is 2.11 bits per heavy atom. The lowest BCUT2D eigenvalue weighted by Crippen LogP contribution is -2.19. The zero-order chi connectivity index (χ0) is 14.5. The number of nitrogens with one attached hydrogen (secondary N) is 1. The Morgan fingerprint density at radius 3 is 2.68 bits per heavy atom. The van der Waals surface area contributed by atoms with Crippen LogP contribution in [0.3, 0.4) is 0 Å². The fourth-order valence-corrected chi connectivity index (χ4v) is 1.72. The van der Waals surface area contributed by atoms with Crippen LogP contribution in [0.15, 0.2) is 22.7 Å². The van der Waals surface area contributed by atoms with E-state index in [1.54, 1.807) is 0 Å². The third kappa shape index (κ3) is 6.15. The predicted octanol–water partition coefficient (Wildman–Crippen LogP) is 4.31. The first-order chi connectivity index (χ1) is 8.81. The van der Waals surface area contributed by atoms with E-state index in [0.717, 1.165) is 6.07 Å². The number of alkyl halides is 4. The summed E-state index contributed by atoms with van der Waals surface area (Å²) in [7, 11) is 0. The lowest BCUT2D eigenvalue weighted by molar-refractivity contribution is -0.274. The molecule has 19 heavy (non-hydrogen) atoms. The van der Waals surface area contributed by atoms with Crippen molar-refractivity contribution in [1.82, 2.24) is 0 Å². The van der Waals surface area contributed by atoms with Crippen molar-refractivity contribution < 1.29 is 22.7 Å². The van der Waals surface area contributed by atoms with Gasteiger partial charge in [0.2, 0.25) is 5.91 Å². The van der Waals surface area contributed by atoms with Crippen LogP contribution in [0.2, 0.25) is 0 Å². The SMILES string of the molecule is O=C(CCCCl)Nc1ccc(Br)cc1OC(F)(F)F. The first-order valence-electron chi connectivity index (χ1n) is 5.23. The minimum absolute atomic E-state index is 0.0416. The third-order valence-electron chi connectivity index (χ3n) is 1.98. The number of ether oxygens (including phenoxy) is 1. The molecule has 1 N–H and O–H groups in total. The van der Waals surface area contributed by atoms with E-state index in [1.807, 2.05) is 0 Å². The monoisotopic (exact) mass is 359 g/mol. The van der Waals surface area contributed by atoms with Gasteiger partial charge in [-0.05, 0) is 24.6 Å². The summed E-state index contributed by atoms with van der Waals surface area (Å²) in [6.45, 7) is 0. The van der Waals surface area contributed by atoms with Crippen molar-refractivity contribution in [2.75, 3.05) is 11.2 Å². The van der Waals surface area contributed by atoms with Gasteiger partial charge in [0.15, 0.2) is 5.75 Å². The van der Waals surface area contributed by atoms with Crippen molar-refractivity contribution in [3.8, 4) is 5.75 Å². The van der Waals surface area contributed by atoms with Gasteiger partial charge in [-0.15, -0.1) is 24.8 Å². The van der Waals surface area contributed by atoms with Crippen LogP contribution in [0, 0.1) is 0 Å². The number of hydrogen-bond acceptors (Lipinski definition) is 2. The van der Waals surface area contributed by atoms with Gasteiger partial charge in [-0.1, -0.05) is 15.9 Å². The minimum Gasteiger partial charge on any atom is -0.404 e. The van der Waals surface area contributed by atoms with Gasteiger partial charge in [-0.25, -0.2) is 0 Å². The van der Waals surface area contributed by atoms with Gasteiger partial charge >= 0.3 is 6.36 Å². The summed E-state index contributed by atoms with van der Waals surface area (Å²) in [6.07, 6.45) is -4.25. The molecule has 0 bridgehead atoms. The summed E-state index contributed by atoms with van der Waals surface area (Å²) in [4.78, 5) is 11.5. The maximum atomic E-state index is 12.2. The number of carbonyl (C=O) groups is 1. The molecule has 0 saturated heterocycles. The van der Waals surface area contributed by atoms with Crippen LogP contribution in [0.4, 0.5) is 18.9 Å². The number of halogens is 5. The van der Waals surface area contributed by atoms with E-state index in [9.17, 15) is 18.0 Å². The van der Waals surface area contributed by atoms with Crippen molar-refractivity contribution in [1.29, 1.82) is 0 Å². The second-order valence-corrected chi connectivity index (χ2v) is 4.82. The molecule has 1 aromatic rings. The Bertz CT molecular complexity index is 454. The summed E-state index contributed by atoms with van der Waals surface area (Å²) in [5, 5.41) is 2.35. The molecule has 1 aromatic carbocycles. The van der Waals surface area contributed by atoms with Crippen molar-refractivity contribution >= 4 is 39.1 Å². The molecule has 0 aliphatic carbocycles. The molecule has 0 saturated carbocycles. The van der Waals surface area contributed by atoms with Crippen LogP contribution in [0.1, 0.15) is 12.8 Å². The molecular weight excluding hydrogens is 350 g/mol. The zero-order valence-electron chi connectivity index (χ0n) is 9.56. The van der Waals surface area contributed by atoms with Gasteiger partial charge in [-0.2, -0.15) is 0 Å². The molecule has 0 aliphatic heterocycles. The molecule has 0 heterocycles. The van der Waals surface area contributed by atoms with Gasteiger partial charge in [-0.3, -0.25) is 4.79 Å². The molecule has 0 aromatic heterocycles. The van der Waals surface area contributed by atoms with E-state index >= 15 is 0 Å². The third-order valence-corrected chi connectivity index (χ3v) is 2.74. The molecule has 0 spiro atoms. The molecule has 8 heteroatoms. The van der Waals surface area contributed by atoms with Crippen LogP contribution in [-0.2, 0) is 4.79 Å². The molecule has 106 valence electrons. The number of anilines is 1. The van der Waals surface area contributed by atoms with Crippen LogP contribution < -0.4 is 10.1 Å². The minimum atomic E-state index is -4.82. The van der Waals surface area contributed by atoms with Gasteiger partial charge in [0.1, 0.15) is 0 Å². The quantitative estimate of drug-likeness (QED) is 0.795. The standard InChI is InChI=1S/C11H10BrClF3NO2/c12-7-3-4-8(17-10(18)2-1-5-13)9(6-7)19-11(14,15)16/h3-4,6H,1-2,5H2,(H,17,18). The van der Waals surface area contributed by atoms with Gasteiger partial charge < -0.3 is 10.1 Å². The first kappa shape index (κ1) is 16.1. The number of benzene rings is 1. The maximum absolute atomic E-state index is 12.2. The number of amides is 1. The van der Waals surface area contributed by atoms with E-state index in [0.29, 0.717) is 16.8 Å². The second kappa shape index (κ2) is 7.00. The lowest BCUT2D eigenvalue weighted by atomic mass is 10.2. The second-order valence-electron chi connectivity index (χ2n) is 3.53. The average Bonchev–Trinajstić information content (AvgIpc) is 2.28. The van der Waals surface area contributed by atoms with E-state index in [4.69, 9.17) is 11.6 Å². The van der Waals surface area contributed by atoms with E-state index in [2.05, 4.69) is 26.0 Å². The first-order valence-corrected chi connectivity index (χ1v) is 6.55. The highest BCUT2D eigenvalue weighted by Crippen LogP contribution is 2.33. The molecular formula is C11H10BrClF3NO2. The fraction of sp³-hybridized carbons (Fsp3) is 0.364. The van der Waals surface area contributed by atoms with Crippen LogP contribution in [-0.4, -0.2) is 18.1 Å². The molecule has 1 amide bonds. The number of rotatable bonds is 5. The molecule has 0 fully saturated rings. The molecule has 1 rings (SSSR count). The van der Waals surface area contributed by atoms with E-state index in [-0.39, 0.29) is 12.1 Å². The highest BCUT2D eigenvalue weighted by Gasteiger charge is 2.32. The molecule has 0 unspecified atom stereocenters. The number of carbonyl (C=O) groups excluding carboxylic acids is 1. The Labute approximate surface area is 121 Å². The normalized spacial score (nSPS) is 11.2. The Hall–Kier alpha value is -0.950. The molecule has 0 radical (unpaired) electrons. The van der Waals surface area contributed by atoms with Gasteiger partial charge in [0.05, 0.1) is 5.69 Å². The molecule has 0 atom stereocenters. The Morgan fingerprint density at radius 1 is 1.42 bits per heavy atom. The average molecular weight is 361 g/mol. The van der Waals surface area contributed by atoms with Crippen molar-refractivity contribution in [3.63, 3.8) is 0 Å². The number of hydrogen-bond donors (Lipinski definition) is 1. The summed E-state index contributed by atoms with van der Waals surface area (Å²) in [5.74, 6) is -0.587. The van der Waals surface area contributed by atoms with E-state index in [1.165, 1.54) is 12.1 Å². The van der Waals surface area contributed by atoms with Crippen molar-refractivity contribution in [3.05, 3.63) is 22.7 Å². The zero-order valence-corrected chi connectivity index (χ0v) is 11.9. The largest absolute Gasteiger partial charge is 0.573 e. The smallest absolute Gasteiger partial charge is 0.404 e. The fourth-order valence-electron chi connectivity index (χ4n) is 1.25. The lowest BCUT2D eigenvalue weighted by Gasteiger charge is -2.14. The van der Waals surface area contributed by atoms with E-state index < -0.39 is 18.0 Å². The summed E-state index contributed by atoms with van der Waals surface area (Å²) in [5.41, 5.74) is -0.0416. The molecule has 0 aliphatic rings. The van der Waals surface area contributed by atoms with Gasteiger partial charge in [0, 0.05) is 16.8 Å². The summed E-state index contributed by atoms with van der Waals surface area (Å²) >= 11 is 8.46. The van der Waals surface area contributed by atoms with Crippen LogP contribution in [0.25, 0.3) is 0 Å². The topological polar surface area (TPSA) is 38.3 Å². The van der Waals surface area contributed by atoms with Crippen molar-refractivity contribution in [2.24, 2.45) is 0 Å². The summed E-state index contributed by atoms with van der Waals surface area (Å²) < 4.78 is 40.9. The maximum Gasteiger partial charge on any atom is 0.573 e. The highest BCUT2D eigenvalue weighted by atomic mass is 79.9.